The van der Waals surface area contributed by atoms with Gasteiger partial charge in [-0.05, 0) is 168 Å². The van der Waals surface area contributed by atoms with Crippen molar-refractivity contribution in [2.45, 2.75) is 65.3 Å². The number of pyridine rings is 4. The van der Waals surface area contributed by atoms with E-state index in [1.165, 1.54) is 112 Å². The average molecular weight is 1900 g/mol. The summed E-state index contributed by atoms with van der Waals surface area (Å²) in [6, 6.07) is 71.5. The van der Waals surface area contributed by atoms with E-state index in [-0.39, 0.29) is 113 Å². The second-order valence-electron chi connectivity index (χ2n) is 29.7. The van der Waals surface area contributed by atoms with E-state index in [4.69, 9.17) is 29.3 Å². The molecule has 12 aromatic carbocycles. The summed E-state index contributed by atoms with van der Waals surface area (Å²) in [5, 5.41) is 52.4. The summed E-state index contributed by atoms with van der Waals surface area (Å²) in [7, 11) is 0. The number of fused-ring (bicyclic) bond motifs is 12. The van der Waals surface area contributed by atoms with Crippen molar-refractivity contribution in [3.05, 3.63) is 436 Å². The molecule has 0 amide bonds. The first-order valence-electron chi connectivity index (χ1n) is 39.9. The normalized spacial score (nSPS) is 11.4. The van der Waals surface area contributed by atoms with Crippen LogP contribution in [0.3, 0.4) is 0 Å². The number of halogens is 9. The van der Waals surface area contributed by atoms with Crippen molar-refractivity contribution in [1.82, 2.24) is 18.3 Å². The lowest BCUT2D eigenvalue weighted by molar-refractivity contribution is 0.445. The van der Waals surface area contributed by atoms with Crippen LogP contribution in [0, 0.1) is 46.5 Å². The summed E-state index contributed by atoms with van der Waals surface area (Å²) >= 11 is 10.1. The Morgan fingerprint density at radius 2 is 0.537 bits per heavy atom. The van der Waals surface area contributed by atoms with Gasteiger partial charge < -0.3 is 61.5 Å². The molecule has 0 unspecified atom stereocenters. The highest BCUT2D eigenvalue weighted by atomic mass is 35.5. The Balaban J connectivity index is 0.000000125. The van der Waals surface area contributed by atoms with Gasteiger partial charge in [0, 0.05) is 58.2 Å². The Labute approximate surface area is 767 Å². The molecule has 134 heavy (non-hydrogen) atoms. The first-order valence-corrected chi connectivity index (χ1v) is 43.5. The number of hydrogen-bond donors (Lipinski definition) is 5. The molecule has 20 aromatic rings. The van der Waals surface area contributed by atoms with Crippen LogP contribution < -0.4 is 44.7 Å². The largest absolute Gasteiger partial charge is 0.508 e. The monoisotopic (exact) mass is 1900 g/mol. The second-order valence-corrected chi connectivity index (χ2v) is 34.5. The molecule has 0 spiro atoms. The molecule has 5 N–H and O–H groups in total. The molecule has 0 aliphatic rings. The quantitative estimate of drug-likeness (QED) is 0.0443. The molecule has 0 saturated heterocycles. The van der Waals surface area contributed by atoms with Crippen LogP contribution in [-0.4, -0.2) is 43.8 Å². The third-order valence-corrected chi connectivity index (χ3v) is 25.7. The summed E-state index contributed by atoms with van der Waals surface area (Å²) in [5.74, 6) is -9.07. The molecule has 668 valence electrons. The van der Waals surface area contributed by atoms with Crippen LogP contribution in [0.15, 0.2) is 374 Å². The molecule has 0 bridgehead atoms. The lowest BCUT2D eigenvalue weighted by atomic mass is 10.1. The van der Waals surface area contributed by atoms with Gasteiger partial charge in [0.1, 0.15) is 65.2 Å². The fraction of sp³-hybridized carbons (Fsp3) is 0.0400. The molecular weight excluding hydrogens is 1840 g/mol. The molecule has 0 atom stereocenters. The third-order valence-electron chi connectivity index (χ3n) is 21.1. The van der Waals surface area contributed by atoms with E-state index in [9.17, 15) is 99.0 Å². The van der Waals surface area contributed by atoms with Crippen LogP contribution in [-0.2, 0) is 26.2 Å². The van der Waals surface area contributed by atoms with Crippen molar-refractivity contribution in [2.75, 3.05) is 0 Å². The standard InChI is InChI=1S/C31H20FNO4S2.C25H14F3NO4S.C25H16FNO5S.C19H9ClF3NO4/c32-20-13-11-19(12-14-20)18-33-25-17-23(38-21-7-3-1-4-8-21)15-16-24(25)28-26(30(33)35)27(34)29(31(36)37-28)39-22-9-5-2-6-10-22;26-14-8-6-13(7-9-14)12-29-19-11-18(28)17(27)10-16(19)22-20(24(29)31)21(30)23(25(32)33-22)34-15-4-2-1-3-5-15;26-15-8-6-14(7-9-15)13-27-19-11-10-16(28)12-18(19)22-20(24(27)30)21(29)23(25(31)32-22)33-17-4-2-1-3-5-17;20-15-16(25)14-17(28-19(15)27)10-5-11(22)12(23)6-13(10)24(18(14)26)7-8-1-3-9(21)4-2-8/h1-17,34H,18H2;1-11,30H,12H2;1-12,28-29H,13H2;1-6,25H,7H2. The molecule has 21 nitrogen and oxygen atoms in total. The van der Waals surface area contributed by atoms with Gasteiger partial charge >= 0.3 is 22.5 Å². The first kappa shape index (κ1) is 90.4. The number of nitrogens with zero attached hydrogens (tertiary/aromatic N) is 4. The smallest absolute Gasteiger partial charge is 0.359 e. The highest BCUT2D eigenvalue weighted by Crippen LogP contribution is 2.43. The Kier molecular flexibility index (Phi) is 25.7. The highest BCUT2D eigenvalue weighted by Gasteiger charge is 2.30. The van der Waals surface area contributed by atoms with Gasteiger partial charge in [0.2, 0.25) is 0 Å². The van der Waals surface area contributed by atoms with Crippen molar-refractivity contribution in [2.24, 2.45) is 0 Å². The van der Waals surface area contributed by atoms with Gasteiger partial charge in [-0.15, -0.1) is 0 Å². The summed E-state index contributed by atoms with van der Waals surface area (Å²) in [4.78, 5) is 108. The number of aromatic hydroxyl groups is 5. The van der Waals surface area contributed by atoms with Gasteiger partial charge in [-0.3, -0.25) is 19.2 Å². The van der Waals surface area contributed by atoms with E-state index >= 15 is 0 Å². The maximum atomic E-state index is 14.2. The minimum Gasteiger partial charge on any atom is -0.508 e. The van der Waals surface area contributed by atoms with Gasteiger partial charge in [-0.2, -0.15) is 0 Å². The molecule has 34 heteroatoms. The number of aromatic nitrogens is 4. The third kappa shape index (κ3) is 18.4. The van der Waals surface area contributed by atoms with E-state index in [2.05, 4.69) is 0 Å². The summed E-state index contributed by atoms with van der Waals surface area (Å²) < 4.78 is 136. The van der Waals surface area contributed by atoms with Gasteiger partial charge in [0.25, 0.3) is 22.2 Å². The van der Waals surface area contributed by atoms with Gasteiger partial charge in [0.05, 0.1) is 48.2 Å². The van der Waals surface area contributed by atoms with E-state index < -0.39 is 124 Å². The zero-order valence-corrected chi connectivity index (χ0v) is 72.4. The van der Waals surface area contributed by atoms with Gasteiger partial charge in [-0.1, -0.05) is 180 Å². The lowest BCUT2D eigenvalue weighted by Crippen LogP contribution is -2.23. The Morgan fingerprint density at radius 1 is 0.261 bits per heavy atom. The Bertz CT molecular complexity index is 8630. The predicted octanol–water partition coefficient (Wildman–Crippen LogP) is 21.5. The highest BCUT2D eigenvalue weighted by molar-refractivity contribution is 8.00. The summed E-state index contributed by atoms with van der Waals surface area (Å²) in [5.41, 5.74) is -4.02. The zero-order valence-electron chi connectivity index (χ0n) is 68.3. The van der Waals surface area contributed by atoms with Crippen LogP contribution in [0.1, 0.15) is 22.3 Å². The summed E-state index contributed by atoms with van der Waals surface area (Å²) in [6.45, 7) is -0.0655. The number of phenols is 1. The van der Waals surface area contributed by atoms with Crippen molar-refractivity contribution < 1.29 is 78.3 Å². The molecule has 0 saturated carbocycles. The minimum atomic E-state index is -1.24. The first-order chi connectivity index (χ1) is 64.5. The second kappa shape index (κ2) is 38.1. The zero-order chi connectivity index (χ0) is 94.2. The molecule has 0 aliphatic carbocycles. The fourth-order valence-electron chi connectivity index (χ4n) is 14.8. The van der Waals surface area contributed by atoms with Crippen molar-refractivity contribution >= 4 is 146 Å². The minimum absolute atomic E-state index is 0.0292. The maximum absolute atomic E-state index is 14.2. The SMILES string of the molecule is O=c1oc2c(c(O)c1Cl)c(=O)n(Cc1ccc(F)cc1)c1cc(F)c(F)cc21.O=c1oc2c(c(O)c1Sc1ccccc1)c(=O)n(Cc1ccc(F)cc1)c1cc(F)c(F)cc21.O=c1oc2c(c(O)c1Sc1ccccc1)c(=O)n(Cc1ccc(F)cc1)c1cc(Sc3ccccc3)ccc21.O=c1oc2c(c(O)c1Sc1ccccc1)c(=O)n(Cc1ccc(F)cc1)c1ccc(O)cc21. The molecule has 20 rings (SSSR count). The molecule has 8 aromatic heterocycles. The number of hydrogen-bond acceptors (Lipinski definition) is 21. The van der Waals surface area contributed by atoms with Crippen molar-refractivity contribution in [3.63, 3.8) is 0 Å². The Morgan fingerprint density at radius 3 is 0.873 bits per heavy atom. The Hall–Kier alpha value is -15.6. The van der Waals surface area contributed by atoms with E-state index in [0.717, 1.165) is 83.4 Å². The molecule has 0 aliphatic heterocycles. The van der Waals surface area contributed by atoms with E-state index in [1.54, 1.807) is 97.1 Å². The van der Waals surface area contributed by atoms with Crippen LogP contribution in [0.4, 0.5) is 35.1 Å². The number of benzene rings is 12. The average Bonchev–Trinajstić information content (AvgIpc) is 0.747. The van der Waals surface area contributed by atoms with Crippen molar-refractivity contribution in [1.29, 1.82) is 0 Å². The lowest BCUT2D eigenvalue weighted by Gasteiger charge is -2.15. The van der Waals surface area contributed by atoms with Gasteiger partial charge in [0.15, 0.2) is 73.6 Å². The number of phenolic OH excluding ortho intramolecular Hbond substituents is 1. The predicted molar refractivity (Wildman–Crippen MR) is 494 cm³/mol. The van der Waals surface area contributed by atoms with Crippen LogP contribution >= 0.6 is 58.6 Å². The van der Waals surface area contributed by atoms with Gasteiger partial charge in [-0.25, -0.2) is 54.3 Å². The fourth-order valence-corrected chi connectivity index (χ4v) is 18.4. The molecule has 0 fully saturated rings. The van der Waals surface area contributed by atoms with Crippen molar-refractivity contribution in [3.8, 4) is 28.7 Å². The maximum Gasteiger partial charge on any atom is 0.359 e. The topological polar surface area (TPSA) is 310 Å². The summed E-state index contributed by atoms with van der Waals surface area (Å²) in [6.07, 6.45) is 0. The van der Waals surface area contributed by atoms with E-state index in [1.807, 2.05) is 66.7 Å². The van der Waals surface area contributed by atoms with Crippen LogP contribution in [0.2, 0.25) is 5.02 Å². The molecule has 0 radical (unpaired) electrons. The molecule has 8 heterocycles. The van der Waals surface area contributed by atoms with Crippen LogP contribution in [0.5, 0.6) is 28.7 Å². The van der Waals surface area contributed by atoms with Crippen LogP contribution in [0.25, 0.3) is 87.5 Å². The number of rotatable bonds is 16. The molecular formula is C100H59ClF8N4O17S4. The van der Waals surface area contributed by atoms with E-state index in [0.29, 0.717) is 48.5 Å².